The van der Waals surface area contributed by atoms with E-state index in [2.05, 4.69) is 53.5 Å². The molecule has 0 fully saturated rings. The van der Waals surface area contributed by atoms with Gasteiger partial charge in [0.1, 0.15) is 11.4 Å². The molecule has 4 aromatic rings. The molecule has 2 aromatic heterocycles. The Morgan fingerprint density at radius 2 is 1.79 bits per heavy atom. The van der Waals surface area contributed by atoms with E-state index in [0.717, 1.165) is 16.8 Å². The number of benzene rings is 2. The molecule has 0 aliphatic heterocycles. The Bertz CT molecular complexity index is 1150. The van der Waals surface area contributed by atoms with Crippen molar-refractivity contribution in [2.75, 3.05) is 0 Å². The van der Waals surface area contributed by atoms with Crippen LogP contribution in [0.5, 0.6) is 0 Å². The van der Waals surface area contributed by atoms with Gasteiger partial charge in [-0.3, -0.25) is 4.79 Å². The van der Waals surface area contributed by atoms with Crippen molar-refractivity contribution in [1.29, 1.82) is 0 Å². The summed E-state index contributed by atoms with van der Waals surface area (Å²) in [6.07, 6.45) is 3.20. The van der Waals surface area contributed by atoms with Crippen molar-refractivity contribution in [3.63, 3.8) is 0 Å². The van der Waals surface area contributed by atoms with E-state index in [-0.39, 0.29) is 11.7 Å². The zero-order chi connectivity index (χ0) is 20.4. The molecule has 0 radical (unpaired) electrons. The largest absolute Gasteiger partial charge is 0.348 e. The van der Waals surface area contributed by atoms with Gasteiger partial charge in [0.25, 0.3) is 5.91 Å². The van der Waals surface area contributed by atoms with E-state index < -0.39 is 0 Å². The summed E-state index contributed by atoms with van der Waals surface area (Å²) in [5, 5.41) is 7.22. The lowest BCUT2D eigenvalue weighted by Crippen LogP contribution is -2.22. The van der Waals surface area contributed by atoms with Crippen molar-refractivity contribution < 1.29 is 9.18 Å². The molecule has 0 aliphatic rings. The van der Waals surface area contributed by atoms with Gasteiger partial charge in [0, 0.05) is 18.3 Å². The summed E-state index contributed by atoms with van der Waals surface area (Å²) in [6, 6.07) is 16.2. The van der Waals surface area contributed by atoms with Gasteiger partial charge in [-0.15, -0.1) is 0 Å². The zero-order valence-electron chi connectivity index (χ0n) is 16.3. The summed E-state index contributed by atoms with van der Waals surface area (Å²) in [5.41, 5.74) is 4.83. The van der Waals surface area contributed by atoms with Gasteiger partial charge in [-0.2, -0.15) is 5.10 Å². The van der Waals surface area contributed by atoms with Crippen molar-refractivity contribution in [2.24, 2.45) is 0 Å². The van der Waals surface area contributed by atoms with Crippen LogP contribution in [0.4, 0.5) is 4.39 Å². The Labute approximate surface area is 168 Å². The summed E-state index contributed by atoms with van der Waals surface area (Å²) in [7, 11) is 0. The summed E-state index contributed by atoms with van der Waals surface area (Å²) >= 11 is 0. The van der Waals surface area contributed by atoms with Crippen molar-refractivity contribution in [1.82, 2.24) is 19.9 Å². The highest BCUT2D eigenvalue weighted by atomic mass is 19.1. The predicted molar refractivity (Wildman–Crippen MR) is 110 cm³/mol. The highest BCUT2D eigenvalue weighted by Gasteiger charge is 2.16. The van der Waals surface area contributed by atoms with Gasteiger partial charge in [0.15, 0.2) is 5.65 Å². The van der Waals surface area contributed by atoms with Crippen LogP contribution in [0.1, 0.15) is 41.3 Å². The lowest BCUT2D eigenvalue weighted by molar-refractivity contribution is 0.0952. The van der Waals surface area contributed by atoms with E-state index in [0.29, 0.717) is 23.7 Å². The maximum absolute atomic E-state index is 13.0. The van der Waals surface area contributed by atoms with Crippen LogP contribution in [0.15, 0.2) is 67.0 Å². The van der Waals surface area contributed by atoms with Gasteiger partial charge in [-0.1, -0.05) is 50.2 Å². The number of carbonyl (C=O) groups is 1. The Hall–Kier alpha value is -3.54. The monoisotopic (exact) mass is 388 g/mol. The van der Waals surface area contributed by atoms with E-state index >= 15 is 0 Å². The first-order valence-electron chi connectivity index (χ1n) is 9.48. The summed E-state index contributed by atoms with van der Waals surface area (Å²) in [6.45, 7) is 4.61. The van der Waals surface area contributed by atoms with Crippen molar-refractivity contribution >= 4 is 11.6 Å². The number of hydrogen-bond acceptors (Lipinski definition) is 3. The molecular formula is C23H21FN4O. The molecule has 29 heavy (non-hydrogen) atoms. The molecule has 0 unspecified atom stereocenters. The lowest BCUT2D eigenvalue weighted by atomic mass is 10.0. The minimum Gasteiger partial charge on any atom is -0.348 e. The SMILES string of the molecule is CC(C)c1ccc(-c2ccnc3c(C(=O)NCc4ccc(F)cc4)cnn23)cc1. The van der Waals surface area contributed by atoms with Crippen LogP contribution in [-0.2, 0) is 6.54 Å². The minimum absolute atomic E-state index is 0.274. The lowest BCUT2D eigenvalue weighted by Gasteiger charge is -2.08. The maximum atomic E-state index is 13.0. The number of fused-ring (bicyclic) bond motifs is 1. The molecular weight excluding hydrogens is 367 g/mol. The van der Waals surface area contributed by atoms with Crippen LogP contribution in [0.3, 0.4) is 0 Å². The quantitative estimate of drug-likeness (QED) is 0.544. The van der Waals surface area contributed by atoms with Gasteiger partial charge in [-0.25, -0.2) is 13.9 Å². The average Bonchev–Trinajstić information content (AvgIpc) is 3.17. The standard InChI is InChI=1S/C23H21FN4O/c1-15(2)17-5-7-18(8-6-17)21-11-12-25-22-20(14-27-28(21)22)23(29)26-13-16-3-9-19(24)10-4-16/h3-12,14-15H,13H2,1-2H3,(H,26,29). The number of rotatable bonds is 5. The second-order valence-electron chi connectivity index (χ2n) is 7.21. The number of halogens is 1. The van der Waals surface area contributed by atoms with Crippen LogP contribution >= 0.6 is 0 Å². The molecule has 0 aliphatic carbocycles. The molecule has 2 aromatic carbocycles. The first-order chi connectivity index (χ1) is 14.0. The number of carbonyl (C=O) groups excluding carboxylic acids is 1. The first kappa shape index (κ1) is 18.8. The minimum atomic E-state index is -0.305. The molecule has 1 amide bonds. The summed E-state index contributed by atoms with van der Waals surface area (Å²) in [4.78, 5) is 17.0. The Balaban J connectivity index is 1.59. The Morgan fingerprint density at radius 1 is 1.07 bits per heavy atom. The summed E-state index contributed by atoms with van der Waals surface area (Å²) in [5.74, 6) is -0.118. The van der Waals surface area contributed by atoms with Gasteiger partial charge in [-0.05, 0) is 35.2 Å². The number of hydrogen-bond donors (Lipinski definition) is 1. The van der Waals surface area contributed by atoms with Crippen LogP contribution in [0, 0.1) is 5.82 Å². The predicted octanol–water partition coefficient (Wildman–Crippen LogP) is 4.59. The normalized spacial score (nSPS) is 11.2. The zero-order valence-corrected chi connectivity index (χ0v) is 16.3. The number of nitrogens with zero attached hydrogens (tertiary/aromatic N) is 3. The molecule has 0 saturated heterocycles. The molecule has 0 spiro atoms. The molecule has 0 bridgehead atoms. The van der Waals surface area contributed by atoms with E-state index in [9.17, 15) is 9.18 Å². The van der Waals surface area contributed by atoms with Crippen LogP contribution in [0.2, 0.25) is 0 Å². The molecule has 6 heteroatoms. The topological polar surface area (TPSA) is 59.3 Å². The maximum Gasteiger partial charge on any atom is 0.257 e. The molecule has 0 saturated carbocycles. The van der Waals surface area contributed by atoms with Gasteiger partial charge >= 0.3 is 0 Å². The molecule has 2 heterocycles. The fraction of sp³-hybridized carbons (Fsp3) is 0.174. The fourth-order valence-corrected chi connectivity index (χ4v) is 3.19. The number of nitrogens with one attached hydrogen (secondary N) is 1. The Morgan fingerprint density at radius 3 is 2.48 bits per heavy atom. The summed E-state index contributed by atoms with van der Waals surface area (Å²) < 4.78 is 14.7. The van der Waals surface area contributed by atoms with Crippen LogP contribution < -0.4 is 5.32 Å². The van der Waals surface area contributed by atoms with Crippen LogP contribution in [-0.4, -0.2) is 20.5 Å². The smallest absolute Gasteiger partial charge is 0.257 e. The third-order valence-electron chi connectivity index (χ3n) is 4.89. The van der Waals surface area contributed by atoms with E-state index in [1.165, 1.54) is 23.9 Å². The number of aromatic nitrogens is 3. The number of amides is 1. The first-order valence-corrected chi connectivity index (χ1v) is 9.48. The fourth-order valence-electron chi connectivity index (χ4n) is 3.19. The van der Waals surface area contributed by atoms with Crippen molar-refractivity contribution in [3.8, 4) is 11.3 Å². The second kappa shape index (κ2) is 7.83. The van der Waals surface area contributed by atoms with Gasteiger partial charge in [0.2, 0.25) is 0 Å². The molecule has 146 valence electrons. The second-order valence-corrected chi connectivity index (χ2v) is 7.21. The molecule has 4 rings (SSSR count). The van der Waals surface area contributed by atoms with Crippen molar-refractivity contribution in [3.05, 3.63) is 89.5 Å². The third-order valence-corrected chi connectivity index (χ3v) is 4.89. The average molecular weight is 388 g/mol. The van der Waals surface area contributed by atoms with Gasteiger partial charge in [0.05, 0.1) is 11.9 Å². The molecule has 5 nitrogen and oxygen atoms in total. The van der Waals surface area contributed by atoms with E-state index in [1.807, 2.05) is 6.07 Å². The van der Waals surface area contributed by atoms with Gasteiger partial charge < -0.3 is 5.32 Å². The highest BCUT2D eigenvalue weighted by molar-refractivity contribution is 5.99. The third kappa shape index (κ3) is 3.87. The molecule has 0 atom stereocenters. The van der Waals surface area contributed by atoms with Crippen molar-refractivity contribution in [2.45, 2.75) is 26.3 Å². The van der Waals surface area contributed by atoms with Crippen LogP contribution in [0.25, 0.3) is 16.9 Å². The molecule has 1 N–H and O–H groups in total. The highest BCUT2D eigenvalue weighted by Crippen LogP contribution is 2.23. The Kier molecular flexibility index (Phi) is 5.08. The van der Waals surface area contributed by atoms with E-state index in [1.54, 1.807) is 22.8 Å². The van der Waals surface area contributed by atoms with E-state index in [4.69, 9.17) is 0 Å².